The number of nitrogens with zero attached hydrogens (tertiary/aromatic N) is 1. The minimum absolute atomic E-state index is 0.00265. The second-order valence-corrected chi connectivity index (χ2v) is 5.21. The van der Waals surface area contributed by atoms with Gasteiger partial charge in [0.2, 0.25) is 5.91 Å². The number of hydrogen-bond donors (Lipinski definition) is 3. The summed E-state index contributed by atoms with van der Waals surface area (Å²) in [6.45, 7) is 4.12. The molecule has 1 saturated heterocycles. The first kappa shape index (κ1) is 14.2. The number of likely N-dealkylation sites (tertiary alicyclic amines) is 1. The monoisotopic (exact) mass is 277 g/mol. The standard InChI is InChI=1S/C14H19N3O3/c1-8-4-3-5-10(11(8)15)16-13(18)12-9(2)6-7-17(12)14(19)20/h3-5,9,12H,6-7,15H2,1-2H3,(H,16,18)(H,19,20)/t9-,12-/m0/s1. The van der Waals surface area contributed by atoms with E-state index in [-0.39, 0.29) is 11.8 Å². The smallest absolute Gasteiger partial charge is 0.407 e. The van der Waals surface area contributed by atoms with Gasteiger partial charge in [-0.05, 0) is 30.9 Å². The fourth-order valence-corrected chi connectivity index (χ4v) is 2.56. The number of nitrogens with one attached hydrogen (secondary N) is 1. The highest BCUT2D eigenvalue weighted by Crippen LogP contribution is 2.27. The average Bonchev–Trinajstić information content (AvgIpc) is 2.77. The first-order valence-electron chi connectivity index (χ1n) is 6.57. The highest BCUT2D eigenvalue weighted by molar-refractivity contribution is 5.99. The summed E-state index contributed by atoms with van der Waals surface area (Å²) in [6, 6.07) is 4.71. The molecule has 1 aromatic carbocycles. The molecule has 0 spiro atoms. The van der Waals surface area contributed by atoms with Gasteiger partial charge in [-0.25, -0.2) is 4.79 Å². The molecule has 0 saturated carbocycles. The van der Waals surface area contributed by atoms with Gasteiger partial charge in [0.1, 0.15) is 6.04 Å². The van der Waals surface area contributed by atoms with Crippen LogP contribution in [0.15, 0.2) is 18.2 Å². The van der Waals surface area contributed by atoms with Gasteiger partial charge in [0.15, 0.2) is 0 Å². The maximum absolute atomic E-state index is 12.3. The zero-order valence-electron chi connectivity index (χ0n) is 11.6. The van der Waals surface area contributed by atoms with Gasteiger partial charge in [-0.1, -0.05) is 19.1 Å². The van der Waals surface area contributed by atoms with Gasteiger partial charge in [-0.3, -0.25) is 9.69 Å². The summed E-state index contributed by atoms with van der Waals surface area (Å²) in [6.07, 6.45) is -0.375. The zero-order valence-corrected chi connectivity index (χ0v) is 11.6. The molecule has 1 aliphatic heterocycles. The Morgan fingerprint density at radius 1 is 1.45 bits per heavy atom. The Labute approximate surface area is 117 Å². The van der Waals surface area contributed by atoms with Gasteiger partial charge < -0.3 is 16.2 Å². The number of para-hydroxylation sites is 1. The van der Waals surface area contributed by atoms with Crippen LogP contribution in [0.2, 0.25) is 0 Å². The summed E-state index contributed by atoms with van der Waals surface area (Å²) in [5.74, 6) is -0.327. The normalized spacial score (nSPS) is 21.8. The van der Waals surface area contributed by atoms with Crippen molar-refractivity contribution in [3.05, 3.63) is 23.8 Å². The maximum atomic E-state index is 12.3. The first-order chi connectivity index (χ1) is 9.41. The molecule has 108 valence electrons. The molecule has 6 heteroatoms. The number of nitrogen functional groups attached to an aromatic ring is 1. The summed E-state index contributed by atoms with van der Waals surface area (Å²) >= 11 is 0. The van der Waals surface area contributed by atoms with Crippen molar-refractivity contribution in [2.45, 2.75) is 26.3 Å². The van der Waals surface area contributed by atoms with Crippen LogP contribution in [0.25, 0.3) is 0 Å². The Hall–Kier alpha value is -2.24. The number of carbonyl (C=O) groups is 2. The van der Waals surface area contributed by atoms with Gasteiger partial charge in [0, 0.05) is 6.54 Å². The predicted octanol–water partition coefficient (Wildman–Crippen LogP) is 1.90. The number of carboxylic acid groups (broad SMARTS) is 1. The molecule has 0 aromatic heterocycles. The zero-order chi connectivity index (χ0) is 14.9. The van der Waals surface area contributed by atoms with Crippen LogP contribution in [0.1, 0.15) is 18.9 Å². The Morgan fingerprint density at radius 3 is 2.80 bits per heavy atom. The first-order valence-corrected chi connectivity index (χ1v) is 6.57. The molecular formula is C14H19N3O3. The van der Waals surface area contributed by atoms with Crippen molar-refractivity contribution in [3.63, 3.8) is 0 Å². The largest absolute Gasteiger partial charge is 0.465 e. The van der Waals surface area contributed by atoms with E-state index < -0.39 is 12.1 Å². The van der Waals surface area contributed by atoms with Gasteiger partial charge in [0.05, 0.1) is 11.4 Å². The van der Waals surface area contributed by atoms with Crippen molar-refractivity contribution in [3.8, 4) is 0 Å². The molecule has 6 nitrogen and oxygen atoms in total. The fourth-order valence-electron chi connectivity index (χ4n) is 2.56. The molecule has 0 radical (unpaired) electrons. The number of benzene rings is 1. The molecule has 2 amide bonds. The summed E-state index contributed by atoms with van der Waals surface area (Å²) in [7, 11) is 0. The Balaban J connectivity index is 2.19. The summed E-state index contributed by atoms with van der Waals surface area (Å²) < 4.78 is 0. The van der Waals surface area contributed by atoms with Crippen molar-refractivity contribution < 1.29 is 14.7 Å². The lowest BCUT2D eigenvalue weighted by Gasteiger charge is -2.23. The predicted molar refractivity (Wildman–Crippen MR) is 76.5 cm³/mol. The quantitative estimate of drug-likeness (QED) is 0.719. The Kier molecular flexibility index (Phi) is 3.83. The molecule has 1 fully saturated rings. The van der Waals surface area contributed by atoms with E-state index in [0.717, 1.165) is 5.56 Å². The maximum Gasteiger partial charge on any atom is 0.407 e. The molecule has 2 atom stereocenters. The number of carbonyl (C=O) groups excluding carboxylic acids is 1. The lowest BCUT2D eigenvalue weighted by Crippen LogP contribution is -2.45. The van der Waals surface area contributed by atoms with Crippen LogP contribution in [0.5, 0.6) is 0 Å². The van der Waals surface area contributed by atoms with Crippen molar-refractivity contribution in [2.75, 3.05) is 17.6 Å². The average molecular weight is 277 g/mol. The van der Waals surface area contributed by atoms with Gasteiger partial charge in [0.25, 0.3) is 0 Å². The van der Waals surface area contributed by atoms with Crippen LogP contribution >= 0.6 is 0 Å². The second-order valence-electron chi connectivity index (χ2n) is 5.21. The molecule has 0 unspecified atom stereocenters. The molecule has 1 aliphatic rings. The van der Waals surface area contributed by atoms with Gasteiger partial charge in [-0.15, -0.1) is 0 Å². The highest BCUT2D eigenvalue weighted by Gasteiger charge is 2.39. The second kappa shape index (κ2) is 5.40. The van der Waals surface area contributed by atoms with E-state index in [1.807, 2.05) is 19.9 Å². The van der Waals surface area contributed by atoms with Crippen molar-refractivity contribution in [1.82, 2.24) is 4.90 Å². The lowest BCUT2D eigenvalue weighted by molar-refractivity contribution is -0.120. The van der Waals surface area contributed by atoms with Crippen molar-refractivity contribution in [1.29, 1.82) is 0 Å². The summed E-state index contributed by atoms with van der Waals surface area (Å²) in [4.78, 5) is 24.7. The molecule has 1 aromatic rings. The van der Waals surface area contributed by atoms with Crippen LogP contribution in [-0.4, -0.2) is 34.6 Å². The van der Waals surface area contributed by atoms with Gasteiger partial charge in [-0.2, -0.15) is 0 Å². The fraction of sp³-hybridized carbons (Fsp3) is 0.429. The van der Waals surface area contributed by atoms with E-state index in [2.05, 4.69) is 5.32 Å². The van der Waals surface area contributed by atoms with E-state index in [1.54, 1.807) is 12.1 Å². The Bertz CT molecular complexity index is 544. The molecule has 1 heterocycles. The van der Waals surface area contributed by atoms with E-state index in [0.29, 0.717) is 24.3 Å². The number of rotatable bonds is 2. The molecule has 2 rings (SSSR count). The number of aryl methyl sites for hydroxylation is 1. The van der Waals surface area contributed by atoms with Crippen molar-refractivity contribution >= 4 is 23.4 Å². The van der Waals surface area contributed by atoms with E-state index in [9.17, 15) is 9.59 Å². The molecular weight excluding hydrogens is 258 g/mol. The van der Waals surface area contributed by atoms with E-state index >= 15 is 0 Å². The van der Waals surface area contributed by atoms with Crippen LogP contribution in [-0.2, 0) is 4.79 Å². The summed E-state index contributed by atoms with van der Waals surface area (Å²) in [5, 5.41) is 11.9. The number of nitrogens with two attached hydrogens (primary N) is 1. The van der Waals surface area contributed by atoms with Gasteiger partial charge >= 0.3 is 6.09 Å². The van der Waals surface area contributed by atoms with E-state index in [1.165, 1.54) is 4.90 Å². The molecule has 0 aliphatic carbocycles. The number of amides is 2. The van der Waals surface area contributed by atoms with Crippen LogP contribution in [0.3, 0.4) is 0 Å². The van der Waals surface area contributed by atoms with Crippen LogP contribution < -0.4 is 11.1 Å². The summed E-state index contributed by atoms with van der Waals surface area (Å²) in [5.41, 5.74) is 7.82. The number of anilines is 2. The highest BCUT2D eigenvalue weighted by atomic mass is 16.4. The molecule has 4 N–H and O–H groups in total. The third-order valence-electron chi connectivity index (χ3n) is 3.80. The SMILES string of the molecule is Cc1cccc(NC(=O)[C@@H]2[C@@H](C)CCN2C(=O)O)c1N. The van der Waals surface area contributed by atoms with Crippen LogP contribution in [0, 0.1) is 12.8 Å². The molecule has 0 bridgehead atoms. The number of hydrogen-bond acceptors (Lipinski definition) is 3. The topological polar surface area (TPSA) is 95.7 Å². The van der Waals surface area contributed by atoms with Crippen molar-refractivity contribution in [2.24, 2.45) is 5.92 Å². The van der Waals surface area contributed by atoms with E-state index in [4.69, 9.17) is 10.8 Å². The minimum Gasteiger partial charge on any atom is -0.465 e. The lowest BCUT2D eigenvalue weighted by atomic mass is 10.0. The molecule has 20 heavy (non-hydrogen) atoms. The Morgan fingerprint density at radius 2 is 2.15 bits per heavy atom. The minimum atomic E-state index is -1.06. The third-order valence-corrected chi connectivity index (χ3v) is 3.80. The van der Waals surface area contributed by atoms with Crippen LogP contribution in [0.4, 0.5) is 16.2 Å². The third kappa shape index (κ3) is 2.54.